The molecule has 0 aliphatic rings. The standard InChI is InChI=1S/C26H26N4O2/c1-19(2)21-7-6-10-24(15-21)32-18-25(31)28-16-22-17-30(23-8-4-3-5-9-23)29-26(22)20-11-13-27-14-12-20/h3-15,17,19H,16,18H2,1-2H3,(H,28,31). The molecular weight excluding hydrogens is 400 g/mol. The number of hydrogen-bond donors (Lipinski definition) is 1. The Kier molecular flexibility index (Phi) is 6.60. The monoisotopic (exact) mass is 426 g/mol. The molecule has 1 amide bonds. The first-order valence-corrected chi connectivity index (χ1v) is 10.6. The molecule has 0 aliphatic carbocycles. The molecule has 2 aromatic carbocycles. The predicted octanol–water partition coefficient (Wildman–Crippen LogP) is 4.75. The Morgan fingerprint density at radius 3 is 2.56 bits per heavy atom. The number of nitrogens with one attached hydrogen (secondary N) is 1. The van der Waals surface area contributed by atoms with Crippen LogP contribution in [-0.2, 0) is 11.3 Å². The minimum atomic E-state index is -0.187. The zero-order chi connectivity index (χ0) is 22.3. The molecule has 0 atom stereocenters. The van der Waals surface area contributed by atoms with Gasteiger partial charge in [-0.3, -0.25) is 9.78 Å². The van der Waals surface area contributed by atoms with Gasteiger partial charge in [0.05, 0.1) is 11.4 Å². The van der Waals surface area contributed by atoms with Crippen LogP contribution < -0.4 is 10.1 Å². The topological polar surface area (TPSA) is 69.0 Å². The van der Waals surface area contributed by atoms with E-state index in [1.807, 2.05) is 71.5 Å². The fourth-order valence-corrected chi connectivity index (χ4v) is 3.36. The van der Waals surface area contributed by atoms with Crippen molar-refractivity contribution in [2.75, 3.05) is 6.61 Å². The summed E-state index contributed by atoms with van der Waals surface area (Å²) in [7, 11) is 0. The zero-order valence-corrected chi connectivity index (χ0v) is 18.2. The van der Waals surface area contributed by atoms with Gasteiger partial charge in [-0.05, 0) is 47.9 Å². The molecule has 2 heterocycles. The summed E-state index contributed by atoms with van der Waals surface area (Å²) in [6.45, 7) is 4.56. The van der Waals surface area contributed by atoms with E-state index in [1.165, 1.54) is 5.56 Å². The van der Waals surface area contributed by atoms with Crippen LogP contribution in [0.2, 0.25) is 0 Å². The number of nitrogens with zero attached hydrogens (tertiary/aromatic N) is 3. The molecule has 162 valence electrons. The third-order valence-electron chi connectivity index (χ3n) is 5.14. The predicted molar refractivity (Wildman–Crippen MR) is 125 cm³/mol. The Morgan fingerprint density at radius 1 is 1.03 bits per heavy atom. The number of amides is 1. The molecule has 0 fully saturated rings. The van der Waals surface area contributed by atoms with Crippen molar-refractivity contribution < 1.29 is 9.53 Å². The van der Waals surface area contributed by atoms with Crippen LogP contribution in [0.3, 0.4) is 0 Å². The molecule has 6 heteroatoms. The number of rotatable bonds is 8. The molecule has 0 bridgehead atoms. The van der Waals surface area contributed by atoms with E-state index in [9.17, 15) is 4.79 Å². The van der Waals surface area contributed by atoms with Crippen LogP contribution in [0.1, 0.15) is 30.9 Å². The molecule has 0 radical (unpaired) electrons. The highest BCUT2D eigenvalue weighted by Gasteiger charge is 2.14. The molecule has 0 unspecified atom stereocenters. The number of carbonyl (C=O) groups excluding carboxylic acids is 1. The summed E-state index contributed by atoms with van der Waals surface area (Å²) in [5, 5.41) is 7.70. The number of pyridine rings is 1. The largest absolute Gasteiger partial charge is 0.484 e. The number of carbonyl (C=O) groups is 1. The lowest BCUT2D eigenvalue weighted by Crippen LogP contribution is -2.28. The fourth-order valence-electron chi connectivity index (χ4n) is 3.36. The van der Waals surface area contributed by atoms with Crippen LogP contribution in [-0.4, -0.2) is 27.3 Å². The van der Waals surface area contributed by atoms with Gasteiger partial charge in [-0.15, -0.1) is 0 Å². The second-order valence-corrected chi connectivity index (χ2v) is 7.81. The number of benzene rings is 2. The number of hydrogen-bond acceptors (Lipinski definition) is 4. The highest BCUT2D eigenvalue weighted by atomic mass is 16.5. The van der Waals surface area contributed by atoms with Gasteiger partial charge in [0.2, 0.25) is 0 Å². The normalized spacial score (nSPS) is 10.8. The Balaban J connectivity index is 1.45. The fraction of sp³-hybridized carbons (Fsp3) is 0.192. The van der Waals surface area contributed by atoms with Gasteiger partial charge in [-0.2, -0.15) is 5.10 Å². The average molecular weight is 427 g/mol. The Morgan fingerprint density at radius 2 is 1.81 bits per heavy atom. The lowest BCUT2D eigenvalue weighted by molar-refractivity contribution is -0.123. The molecule has 2 aromatic heterocycles. The average Bonchev–Trinajstić information content (AvgIpc) is 3.27. The van der Waals surface area contributed by atoms with Gasteiger partial charge in [0.25, 0.3) is 5.91 Å². The third kappa shape index (κ3) is 5.21. The molecule has 1 N–H and O–H groups in total. The van der Waals surface area contributed by atoms with Crippen molar-refractivity contribution >= 4 is 5.91 Å². The van der Waals surface area contributed by atoms with Crippen molar-refractivity contribution in [1.82, 2.24) is 20.1 Å². The zero-order valence-electron chi connectivity index (χ0n) is 18.2. The van der Waals surface area contributed by atoms with Gasteiger partial charge in [-0.25, -0.2) is 4.68 Å². The molecule has 4 aromatic rings. The molecule has 4 rings (SSSR count). The van der Waals surface area contributed by atoms with E-state index >= 15 is 0 Å². The summed E-state index contributed by atoms with van der Waals surface area (Å²) in [4.78, 5) is 16.5. The van der Waals surface area contributed by atoms with Crippen molar-refractivity contribution in [2.24, 2.45) is 0 Å². The second kappa shape index (κ2) is 9.92. The number of ether oxygens (including phenoxy) is 1. The van der Waals surface area contributed by atoms with Gasteiger partial charge in [-0.1, -0.05) is 44.2 Å². The summed E-state index contributed by atoms with van der Waals surface area (Å²) in [6, 6.07) is 21.6. The first kappa shape index (κ1) is 21.3. The van der Waals surface area contributed by atoms with Gasteiger partial charge in [0, 0.05) is 36.3 Å². The second-order valence-electron chi connectivity index (χ2n) is 7.81. The maximum absolute atomic E-state index is 12.5. The number of aromatic nitrogens is 3. The van der Waals surface area contributed by atoms with Crippen LogP contribution in [0.4, 0.5) is 0 Å². The third-order valence-corrected chi connectivity index (χ3v) is 5.14. The van der Waals surface area contributed by atoms with E-state index < -0.39 is 0 Å². The van der Waals surface area contributed by atoms with E-state index in [0.717, 1.165) is 22.5 Å². The molecule has 32 heavy (non-hydrogen) atoms. The van der Waals surface area contributed by atoms with Crippen molar-refractivity contribution in [3.8, 4) is 22.7 Å². The summed E-state index contributed by atoms with van der Waals surface area (Å²) < 4.78 is 7.52. The molecule has 0 saturated heterocycles. The minimum Gasteiger partial charge on any atom is -0.484 e. The molecule has 0 spiro atoms. The summed E-state index contributed by atoms with van der Waals surface area (Å²) in [5.74, 6) is 0.911. The van der Waals surface area contributed by atoms with Gasteiger partial charge in [0.15, 0.2) is 6.61 Å². The van der Waals surface area contributed by atoms with E-state index in [-0.39, 0.29) is 12.5 Å². The molecule has 6 nitrogen and oxygen atoms in total. The maximum atomic E-state index is 12.5. The Hall–Kier alpha value is -3.93. The van der Waals surface area contributed by atoms with Gasteiger partial charge >= 0.3 is 0 Å². The molecule has 0 aliphatic heterocycles. The van der Waals surface area contributed by atoms with Crippen LogP contribution in [0.15, 0.2) is 85.3 Å². The molecule has 0 saturated carbocycles. The maximum Gasteiger partial charge on any atom is 0.258 e. The van der Waals surface area contributed by atoms with Crippen LogP contribution >= 0.6 is 0 Å². The van der Waals surface area contributed by atoms with Crippen LogP contribution in [0.25, 0.3) is 16.9 Å². The first-order chi connectivity index (χ1) is 15.6. The van der Waals surface area contributed by atoms with E-state index in [2.05, 4.69) is 30.2 Å². The summed E-state index contributed by atoms with van der Waals surface area (Å²) >= 11 is 0. The van der Waals surface area contributed by atoms with Crippen LogP contribution in [0.5, 0.6) is 5.75 Å². The summed E-state index contributed by atoms with van der Waals surface area (Å²) in [6.07, 6.45) is 5.41. The van der Waals surface area contributed by atoms with Crippen molar-refractivity contribution in [3.63, 3.8) is 0 Å². The molecular formula is C26H26N4O2. The smallest absolute Gasteiger partial charge is 0.258 e. The van der Waals surface area contributed by atoms with E-state index in [0.29, 0.717) is 18.2 Å². The lowest BCUT2D eigenvalue weighted by atomic mass is 10.0. The Bertz CT molecular complexity index is 1170. The lowest BCUT2D eigenvalue weighted by Gasteiger charge is -2.10. The van der Waals surface area contributed by atoms with Crippen molar-refractivity contribution in [2.45, 2.75) is 26.3 Å². The van der Waals surface area contributed by atoms with E-state index in [4.69, 9.17) is 9.84 Å². The SMILES string of the molecule is CC(C)c1cccc(OCC(=O)NCc2cn(-c3ccccc3)nc2-c2ccncc2)c1. The van der Waals surface area contributed by atoms with Gasteiger partial charge in [0.1, 0.15) is 5.75 Å². The van der Waals surface area contributed by atoms with E-state index in [1.54, 1.807) is 12.4 Å². The quantitative estimate of drug-likeness (QED) is 0.441. The number of para-hydroxylation sites is 1. The highest BCUT2D eigenvalue weighted by Crippen LogP contribution is 2.23. The highest BCUT2D eigenvalue weighted by molar-refractivity contribution is 5.78. The Labute approximate surface area is 187 Å². The summed E-state index contributed by atoms with van der Waals surface area (Å²) in [5.41, 5.74) is 4.80. The van der Waals surface area contributed by atoms with Crippen molar-refractivity contribution in [1.29, 1.82) is 0 Å². The van der Waals surface area contributed by atoms with Gasteiger partial charge < -0.3 is 10.1 Å². The minimum absolute atomic E-state index is 0.0427. The first-order valence-electron chi connectivity index (χ1n) is 10.6. The van der Waals surface area contributed by atoms with Crippen molar-refractivity contribution in [3.05, 3.63) is 96.4 Å². The van der Waals surface area contributed by atoms with Crippen LogP contribution in [0, 0.1) is 0 Å².